The Bertz CT molecular complexity index is 1080. The fourth-order valence-corrected chi connectivity index (χ4v) is 4.24. The van der Waals surface area contributed by atoms with E-state index in [-0.39, 0.29) is 5.91 Å². The molecule has 4 nitrogen and oxygen atoms in total. The van der Waals surface area contributed by atoms with E-state index in [4.69, 9.17) is 34.8 Å². The van der Waals surface area contributed by atoms with Gasteiger partial charge in [0.1, 0.15) is 0 Å². The summed E-state index contributed by atoms with van der Waals surface area (Å²) < 4.78 is 0.0771. The third-order valence-electron chi connectivity index (χ3n) is 5.26. The third-order valence-corrected chi connectivity index (χ3v) is 5.92. The van der Waals surface area contributed by atoms with E-state index in [2.05, 4.69) is 0 Å². The van der Waals surface area contributed by atoms with Gasteiger partial charge in [0.2, 0.25) is 3.79 Å². The zero-order valence-corrected chi connectivity index (χ0v) is 16.9. The third kappa shape index (κ3) is 3.30. The second-order valence-electron chi connectivity index (χ2n) is 6.94. The van der Waals surface area contributed by atoms with Crippen LogP contribution in [0.5, 0.6) is 0 Å². The first-order chi connectivity index (χ1) is 13.3. The molecule has 0 fully saturated rings. The molecule has 1 N–H and O–H groups in total. The van der Waals surface area contributed by atoms with Gasteiger partial charge < -0.3 is 5.11 Å². The lowest BCUT2D eigenvalue weighted by atomic mass is 9.86. The lowest BCUT2D eigenvalue weighted by Gasteiger charge is -2.20. The van der Waals surface area contributed by atoms with Crippen LogP contribution in [0, 0.1) is 5.92 Å². The van der Waals surface area contributed by atoms with Gasteiger partial charge >= 0.3 is 5.97 Å². The van der Waals surface area contributed by atoms with E-state index < -0.39 is 15.7 Å². The van der Waals surface area contributed by atoms with Gasteiger partial charge in [-0.25, -0.2) is 0 Å². The Balaban J connectivity index is 1.95. The summed E-state index contributed by atoms with van der Waals surface area (Å²) in [5.74, 6) is -1.48. The molecule has 1 aliphatic rings. The van der Waals surface area contributed by atoms with Crippen molar-refractivity contribution in [3.05, 3.63) is 70.9 Å². The summed E-state index contributed by atoms with van der Waals surface area (Å²) in [7, 11) is 0. The summed E-state index contributed by atoms with van der Waals surface area (Å²) in [6.07, 6.45) is 1.33. The minimum Gasteiger partial charge on any atom is -0.481 e. The van der Waals surface area contributed by atoms with E-state index in [0.29, 0.717) is 35.9 Å². The number of aliphatic carboxylic acids is 1. The van der Waals surface area contributed by atoms with E-state index in [9.17, 15) is 14.7 Å². The maximum atomic E-state index is 13.3. The second-order valence-corrected chi connectivity index (χ2v) is 9.22. The SMILES string of the molecule is O=C(O)C1CCc2c(c3cc(C(Cl)(Cl)Cl)ccc3n2C(=O)c2ccccc2)C1. The van der Waals surface area contributed by atoms with E-state index in [0.717, 1.165) is 16.6 Å². The number of halogens is 3. The predicted molar refractivity (Wildman–Crippen MR) is 110 cm³/mol. The molecule has 0 saturated carbocycles. The van der Waals surface area contributed by atoms with Crippen molar-refractivity contribution in [2.75, 3.05) is 0 Å². The van der Waals surface area contributed by atoms with Gasteiger partial charge in [-0.1, -0.05) is 59.1 Å². The van der Waals surface area contributed by atoms with Crippen molar-refractivity contribution in [1.82, 2.24) is 4.57 Å². The van der Waals surface area contributed by atoms with E-state index >= 15 is 0 Å². The van der Waals surface area contributed by atoms with Crippen LogP contribution < -0.4 is 0 Å². The van der Waals surface area contributed by atoms with Crippen molar-refractivity contribution in [3.8, 4) is 0 Å². The number of carboxylic acids is 1. The maximum absolute atomic E-state index is 13.3. The van der Waals surface area contributed by atoms with Gasteiger partial charge in [-0.3, -0.25) is 14.2 Å². The Morgan fingerprint density at radius 2 is 1.79 bits per heavy atom. The van der Waals surface area contributed by atoms with Crippen LogP contribution >= 0.6 is 34.8 Å². The van der Waals surface area contributed by atoms with Gasteiger partial charge in [-0.05, 0) is 49.1 Å². The molecule has 1 aromatic heterocycles. The highest BCUT2D eigenvalue weighted by atomic mass is 35.6. The van der Waals surface area contributed by atoms with Crippen LogP contribution in [0.3, 0.4) is 0 Å². The van der Waals surface area contributed by atoms with Crippen molar-refractivity contribution < 1.29 is 14.7 Å². The number of hydrogen-bond donors (Lipinski definition) is 1. The Morgan fingerprint density at radius 1 is 1.07 bits per heavy atom. The van der Waals surface area contributed by atoms with Crippen LogP contribution in [0.2, 0.25) is 0 Å². The molecule has 0 radical (unpaired) electrons. The Labute approximate surface area is 176 Å². The maximum Gasteiger partial charge on any atom is 0.306 e. The van der Waals surface area contributed by atoms with Crippen molar-refractivity contribution in [2.45, 2.75) is 23.1 Å². The molecule has 0 amide bonds. The fourth-order valence-electron chi connectivity index (χ4n) is 3.89. The van der Waals surface area contributed by atoms with Crippen molar-refractivity contribution >= 4 is 57.6 Å². The summed E-state index contributed by atoms with van der Waals surface area (Å²) >= 11 is 18.1. The van der Waals surface area contributed by atoms with Gasteiger partial charge in [0.15, 0.2) is 0 Å². The smallest absolute Gasteiger partial charge is 0.306 e. The first-order valence-electron chi connectivity index (χ1n) is 8.83. The molecule has 2 aromatic carbocycles. The molecule has 0 bridgehead atoms. The average Bonchev–Trinajstić information content (AvgIpc) is 3.00. The first kappa shape index (κ1) is 19.3. The molecule has 1 aliphatic carbocycles. The number of benzene rings is 2. The molecule has 1 heterocycles. The Hall–Kier alpha value is -2.01. The minimum absolute atomic E-state index is 0.151. The van der Waals surface area contributed by atoms with Crippen LogP contribution in [0.15, 0.2) is 48.5 Å². The predicted octanol–water partition coefficient (Wildman–Crippen LogP) is 5.35. The normalized spacial score (nSPS) is 16.8. The van der Waals surface area contributed by atoms with Crippen molar-refractivity contribution in [3.63, 3.8) is 0 Å². The number of carboxylic acid groups (broad SMARTS) is 1. The number of rotatable bonds is 2. The van der Waals surface area contributed by atoms with Crippen molar-refractivity contribution in [1.29, 1.82) is 0 Å². The molecule has 1 atom stereocenters. The largest absolute Gasteiger partial charge is 0.481 e. The first-order valence-corrected chi connectivity index (χ1v) is 9.96. The summed E-state index contributed by atoms with van der Waals surface area (Å²) in [5, 5.41) is 10.2. The molecule has 144 valence electrons. The number of alkyl halides is 3. The van der Waals surface area contributed by atoms with Crippen LogP contribution in [0.1, 0.15) is 33.6 Å². The van der Waals surface area contributed by atoms with E-state index in [1.807, 2.05) is 18.2 Å². The Kier molecular flexibility index (Phi) is 4.90. The standard InChI is InChI=1S/C21H16Cl3NO3/c22-21(23,24)14-7-9-18-16(11-14)15-10-13(20(27)28)6-8-17(15)25(18)19(26)12-4-2-1-3-5-12/h1-5,7,9,11,13H,6,8,10H2,(H,27,28). The second kappa shape index (κ2) is 7.11. The number of hydrogen-bond acceptors (Lipinski definition) is 2. The number of carbonyl (C=O) groups excluding carboxylic acids is 1. The molecule has 3 aromatic rings. The van der Waals surface area contributed by atoms with Gasteiger partial charge in [-0.2, -0.15) is 0 Å². The number of fused-ring (bicyclic) bond motifs is 3. The monoisotopic (exact) mass is 435 g/mol. The zero-order chi connectivity index (χ0) is 20.1. The zero-order valence-electron chi connectivity index (χ0n) is 14.7. The minimum atomic E-state index is -1.60. The topological polar surface area (TPSA) is 59.3 Å². The molecular weight excluding hydrogens is 421 g/mol. The van der Waals surface area contributed by atoms with Crippen LogP contribution in [0.4, 0.5) is 0 Å². The Morgan fingerprint density at radius 3 is 2.43 bits per heavy atom. The summed E-state index contributed by atoms with van der Waals surface area (Å²) in [6, 6.07) is 14.2. The molecule has 28 heavy (non-hydrogen) atoms. The van der Waals surface area contributed by atoms with E-state index in [1.54, 1.807) is 34.9 Å². The van der Waals surface area contributed by atoms with E-state index in [1.165, 1.54) is 0 Å². The van der Waals surface area contributed by atoms with Crippen LogP contribution in [0.25, 0.3) is 10.9 Å². The summed E-state index contributed by atoms with van der Waals surface area (Å²) in [5.41, 5.74) is 3.42. The highest BCUT2D eigenvalue weighted by molar-refractivity contribution is 6.66. The van der Waals surface area contributed by atoms with Crippen molar-refractivity contribution in [2.24, 2.45) is 5.92 Å². The van der Waals surface area contributed by atoms with Gasteiger partial charge in [0.25, 0.3) is 5.91 Å². The average molecular weight is 437 g/mol. The van der Waals surface area contributed by atoms with Crippen LogP contribution in [-0.2, 0) is 21.4 Å². The molecule has 0 spiro atoms. The lowest BCUT2D eigenvalue weighted by Crippen LogP contribution is -2.24. The summed E-state index contributed by atoms with van der Waals surface area (Å²) in [4.78, 5) is 24.8. The van der Waals surface area contributed by atoms with Gasteiger partial charge in [0.05, 0.1) is 11.4 Å². The fraction of sp³-hybridized carbons (Fsp3) is 0.238. The number of nitrogens with zero attached hydrogens (tertiary/aromatic N) is 1. The number of carbonyl (C=O) groups is 2. The van der Waals surface area contributed by atoms with Crippen LogP contribution in [-0.4, -0.2) is 21.6 Å². The molecule has 4 rings (SSSR count). The molecule has 0 aliphatic heterocycles. The molecule has 7 heteroatoms. The molecule has 1 unspecified atom stereocenters. The highest BCUT2D eigenvalue weighted by Gasteiger charge is 2.32. The van der Waals surface area contributed by atoms with Gasteiger partial charge in [0, 0.05) is 22.2 Å². The van der Waals surface area contributed by atoms with Gasteiger partial charge in [-0.15, -0.1) is 0 Å². The summed E-state index contributed by atoms with van der Waals surface area (Å²) in [6.45, 7) is 0. The lowest BCUT2D eigenvalue weighted by molar-refractivity contribution is -0.142. The molecule has 0 saturated heterocycles. The number of aromatic nitrogens is 1. The highest BCUT2D eigenvalue weighted by Crippen LogP contribution is 2.42. The molecular formula is C21H16Cl3NO3. The quantitative estimate of drug-likeness (QED) is 0.551.